The van der Waals surface area contributed by atoms with Crippen molar-refractivity contribution in [3.05, 3.63) is 35.2 Å². The molecule has 1 aromatic heterocycles. The van der Waals surface area contributed by atoms with Crippen LogP contribution in [0.2, 0.25) is 0 Å². The van der Waals surface area contributed by atoms with Gasteiger partial charge in [-0.2, -0.15) is 0 Å². The van der Waals surface area contributed by atoms with Gasteiger partial charge in [-0.1, -0.05) is 34.1 Å². The molecule has 0 radical (unpaired) electrons. The molecule has 2 aromatic rings. The second-order valence-corrected chi connectivity index (χ2v) is 6.35. The standard InChI is InChI=1S/C14H16BrNS/c15-7-8-16(12-5-6-12)9-11-10-17-14-4-2-1-3-13(11)14/h1-4,10,12H,5-9H2. The Morgan fingerprint density at radius 2 is 2.12 bits per heavy atom. The van der Waals surface area contributed by atoms with Crippen LogP contribution in [-0.4, -0.2) is 22.8 Å². The summed E-state index contributed by atoms with van der Waals surface area (Å²) >= 11 is 5.43. The topological polar surface area (TPSA) is 3.24 Å². The highest BCUT2D eigenvalue weighted by Gasteiger charge is 2.28. The van der Waals surface area contributed by atoms with Gasteiger partial charge in [-0.3, -0.25) is 4.90 Å². The summed E-state index contributed by atoms with van der Waals surface area (Å²) in [4.78, 5) is 2.61. The molecular formula is C14H16BrNS. The van der Waals surface area contributed by atoms with E-state index >= 15 is 0 Å². The molecule has 0 aliphatic heterocycles. The van der Waals surface area contributed by atoms with Crippen LogP contribution in [0.15, 0.2) is 29.6 Å². The summed E-state index contributed by atoms with van der Waals surface area (Å²) in [6.07, 6.45) is 2.77. The number of rotatable bonds is 5. The Bertz CT molecular complexity index is 504. The van der Waals surface area contributed by atoms with E-state index < -0.39 is 0 Å². The van der Waals surface area contributed by atoms with Gasteiger partial charge in [0.1, 0.15) is 0 Å². The molecule has 1 saturated carbocycles. The van der Waals surface area contributed by atoms with E-state index in [0.29, 0.717) is 0 Å². The van der Waals surface area contributed by atoms with E-state index in [0.717, 1.165) is 24.5 Å². The Hall–Kier alpha value is -0.380. The molecule has 0 bridgehead atoms. The summed E-state index contributed by atoms with van der Waals surface area (Å²) in [6.45, 7) is 2.27. The van der Waals surface area contributed by atoms with Gasteiger partial charge in [-0.05, 0) is 35.2 Å². The molecule has 17 heavy (non-hydrogen) atoms. The highest BCUT2D eigenvalue weighted by Crippen LogP contribution is 2.32. The summed E-state index contributed by atoms with van der Waals surface area (Å²) in [7, 11) is 0. The monoisotopic (exact) mass is 309 g/mol. The molecule has 0 amide bonds. The lowest BCUT2D eigenvalue weighted by molar-refractivity contribution is 0.273. The van der Waals surface area contributed by atoms with E-state index in [1.807, 2.05) is 11.3 Å². The minimum atomic E-state index is 0.839. The van der Waals surface area contributed by atoms with Crippen LogP contribution >= 0.6 is 27.3 Å². The van der Waals surface area contributed by atoms with Crippen molar-refractivity contribution in [3.8, 4) is 0 Å². The number of halogens is 1. The van der Waals surface area contributed by atoms with Crippen LogP contribution in [0, 0.1) is 0 Å². The summed E-state index contributed by atoms with van der Waals surface area (Å²) in [5.74, 6) is 0. The van der Waals surface area contributed by atoms with Crippen molar-refractivity contribution < 1.29 is 0 Å². The molecule has 0 N–H and O–H groups in total. The van der Waals surface area contributed by atoms with Crippen LogP contribution in [0.3, 0.4) is 0 Å². The van der Waals surface area contributed by atoms with Gasteiger partial charge in [-0.15, -0.1) is 11.3 Å². The smallest absolute Gasteiger partial charge is 0.0346 e. The largest absolute Gasteiger partial charge is 0.295 e. The number of fused-ring (bicyclic) bond motifs is 1. The minimum absolute atomic E-state index is 0.839. The number of hydrogen-bond donors (Lipinski definition) is 0. The zero-order valence-electron chi connectivity index (χ0n) is 9.73. The van der Waals surface area contributed by atoms with Gasteiger partial charge in [-0.25, -0.2) is 0 Å². The molecule has 1 aromatic carbocycles. The van der Waals surface area contributed by atoms with Crippen molar-refractivity contribution in [1.29, 1.82) is 0 Å². The minimum Gasteiger partial charge on any atom is -0.295 e. The number of alkyl halides is 1. The van der Waals surface area contributed by atoms with E-state index in [9.17, 15) is 0 Å². The first kappa shape index (κ1) is 11.7. The maximum absolute atomic E-state index is 3.56. The lowest BCUT2D eigenvalue weighted by Gasteiger charge is -2.20. The van der Waals surface area contributed by atoms with Crippen molar-refractivity contribution in [3.63, 3.8) is 0 Å². The Labute approximate surface area is 115 Å². The molecule has 1 fully saturated rings. The molecule has 1 nitrogen and oxygen atoms in total. The summed E-state index contributed by atoms with van der Waals surface area (Å²) in [5, 5.41) is 4.84. The van der Waals surface area contributed by atoms with Crippen molar-refractivity contribution in [1.82, 2.24) is 4.90 Å². The first-order valence-electron chi connectivity index (χ1n) is 6.13. The van der Waals surface area contributed by atoms with Gasteiger partial charge in [0.15, 0.2) is 0 Å². The fourth-order valence-electron chi connectivity index (χ4n) is 2.31. The van der Waals surface area contributed by atoms with Gasteiger partial charge in [0.25, 0.3) is 0 Å². The zero-order valence-corrected chi connectivity index (χ0v) is 12.1. The van der Waals surface area contributed by atoms with Crippen molar-refractivity contribution in [2.45, 2.75) is 25.4 Å². The quantitative estimate of drug-likeness (QED) is 0.746. The van der Waals surface area contributed by atoms with E-state index in [-0.39, 0.29) is 0 Å². The lowest BCUT2D eigenvalue weighted by atomic mass is 10.1. The molecule has 90 valence electrons. The van der Waals surface area contributed by atoms with E-state index in [4.69, 9.17) is 0 Å². The number of thiophene rings is 1. The van der Waals surface area contributed by atoms with Crippen LogP contribution in [0.5, 0.6) is 0 Å². The van der Waals surface area contributed by atoms with Crippen molar-refractivity contribution in [2.24, 2.45) is 0 Å². The van der Waals surface area contributed by atoms with Crippen LogP contribution in [0.1, 0.15) is 18.4 Å². The highest BCUT2D eigenvalue weighted by molar-refractivity contribution is 9.09. The van der Waals surface area contributed by atoms with Gasteiger partial charge in [0.2, 0.25) is 0 Å². The van der Waals surface area contributed by atoms with Gasteiger partial charge >= 0.3 is 0 Å². The lowest BCUT2D eigenvalue weighted by Crippen LogP contribution is -2.27. The Balaban J connectivity index is 1.83. The Morgan fingerprint density at radius 3 is 2.88 bits per heavy atom. The van der Waals surface area contributed by atoms with Gasteiger partial charge in [0, 0.05) is 29.2 Å². The Morgan fingerprint density at radius 1 is 1.29 bits per heavy atom. The maximum Gasteiger partial charge on any atom is 0.0346 e. The molecule has 1 aliphatic carbocycles. The molecule has 0 spiro atoms. The van der Waals surface area contributed by atoms with Crippen LogP contribution in [0.25, 0.3) is 10.1 Å². The molecule has 0 atom stereocenters. The molecule has 1 aliphatic rings. The van der Waals surface area contributed by atoms with Crippen LogP contribution in [0.4, 0.5) is 0 Å². The second-order valence-electron chi connectivity index (χ2n) is 4.65. The predicted molar refractivity (Wildman–Crippen MR) is 79.1 cm³/mol. The first-order valence-corrected chi connectivity index (χ1v) is 8.13. The van der Waals surface area contributed by atoms with Crippen molar-refractivity contribution in [2.75, 3.05) is 11.9 Å². The fraction of sp³-hybridized carbons (Fsp3) is 0.429. The van der Waals surface area contributed by atoms with Crippen molar-refractivity contribution >= 4 is 37.4 Å². The molecule has 0 unspecified atom stereocenters. The second kappa shape index (κ2) is 5.09. The SMILES string of the molecule is BrCCN(Cc1csc2ccccc12)C1CC1. The average Bonchev–Trinajstić information content (AvgIpc) is 3.12. The number of benzene rings is 1. The summed E-state index contributed by atoms with van der Waals surface area (Å²) < 4.78 is 1.41. The number of hydrogen-bond acceptors (Lipinski definition) is 2. The zero-order chi connectivity index (χ0) is 11.7. The van der Waals surface area contributed by atoms with Crippen LogP contribution < -0.4 is 0 Å². The highest BCUT2D eigenvalue weighted by atomic mass is 79.9. The average molecular weight is 310 g/mol. The molecular weight excluding hydrogens is 294 g/mol. The number of nitrogens with zero attached hydrogens (tertiary/aromatic N) is 1. The molecule has 3 rings (SSSR count). The van der Waals surface area contributed by atoms with Gasteiger partial charge < -0.3 is 0 Å². The third-order valence-corrected chi connectivity index (χ3v) is 4.74. The Kier molecular flexibility index (Phi) is 3.50. The third-order valence-electron chi connectivity index (χ3n) is 3.37. The first-order chi connectivity index (χ1) is 8.38. The van der Waals surface area contributed by atoms with Crippen LogP contribution in [-0.2, 0) is 6.54 Å². The van der Waals surface area contributed by atoms with Gasteiger partial charge in [0.05, 0.1) is 0 Å². The summed E-state index contributed by atoms with van der Waals surface area (Å²) in [6, 6.07) is 9.58. The maximum atomic E-state index is 3.56. The summed E-state index contributed by atoms with van der Waals surface area (Å²) in [5.41, 5.74) is 1.50. The molecule has 3 heteroatoms. The van der Waals surface area contributed by atoms with E-state index in [1.165, 1.54) is 28.5 Å². The predicted octanol–water partition coefficient (Wildman–Crippen LogP) is 4.26. The normalized spacial score (nSPS) is 15.9. The molecule has 0 saturated heterocycles. The molecule has 1 heterocycles. The third kappa shape index (κ3) is 2.56. The van der Waals surface area contributed by atoms with E-state index in [1.54, 1.807) is 0 Å². The van der Waals surface area contributed by atoms with E-state index in [2.05, 4.69) is 50.5 Å². The fourth-order valence-corrected chi connectivity index (χ4v) is 3.72.